The maximum Gasteiger partial charge on any atom is 0.142 e. The van der Waals surface area contributed by atoms with Gasteiger partial charge in [0.25, 0.3) is 0 Å². The van der Waals surface area contributed by atoms with Crippen molar-refractivity contribution >= 4 is 21.7 Å². The van der Waals surface area contributed by atoms with Crippen LogP contribution in [-0.4, -0.2) is 18.1 Å². The van der Waals surface area contributed by atoms with Crippen molar-refractivity contribution in [2.24, 2.45) is 5.92 Å². The molecule has 76 valence electrons. The van der Waals surface area contributed by atoms with Gasteiger partial charge in [0.15, 0.2) is 0 Å². The van der Waals surface area contributed by atoms with Gasteiger partial charge in [-0.2, -0.15) is 0 Å². The summed E-state index contributed by atoms with van der Waals surface area (Å²) in [6.45, 7) is 6.63. The van der Waals surface area contributed by atoms with E-state index in [-0.39, 0.29) is 0 Å². The Kier molecular flexibility index (Phi) is 2.77. The van der Waals surface area contributed by atoms with Gasteiger partial charge in [-0.15, -0.1) is 0 Å². The smallest absolute Gasteiger partial charge is 0.142 e. The second kappa shape index (κ2) is 3.89. The van der Waals surface area contributed by atoms with Gasteiger partial charge in [0, 0.05) is 19.3 Å². The van der Waals surface area contributed by atoms with Crippen molar-refractivity contribution in [3.63, 3.8) is 0 Å². The van der Waals surface area contributed by atoms with Crippen molar-refractivity contribution < 1.29 is 0 Å². The number of aryl methyl sites for hydroxylation is 1. The highest BCUT2D eigenvalue weighted by molar-refractivity contribution is 9.10. The topological polar surface area (TPSA) is 16.1 Å². The normalized spacial score (nSPS) is 21.6. The highest BCUT2D eigenvalue weighted by Gasteiger charge is 2.21. The molecule has 0 radical (unpaired) electrons. The first-order valence-corrected chi connectivity index (χ1v) is 5.83. The van der Waals surface area contributed by atoms with Gasteiger partial charge < -0.3 is 4.90 Å². The zero-order valence-electron chi connectivity index (χ0n) is 8.63. The molecule has 2 nitrogen and oxygen atoms in total. The predicted molar refractivity (Wildman–Crippen MR) is 62.7 cm³/mol. The van der Waals surface area contributed by atoms with E-state index in [1.807, 2.05) is 6.20 Å². The zero-order chi connectivity index (χ0) is 10.1. The van der Waals surface area contributed by atoms with E-state index in [4.69, 9.17) is 0 Å². The number of hydrogen-bond acceptors (Lipinski definition) is 2. The van der Waals surface area contributed by atoms with Gasteiger partial charge in [-0.05, 0) is 46.8 Å². The summed E-state index contributed by atoms with van der Waals surface area (Å²) in [5.74, 6) is 1.89. The summed E-state index contributed by atoms with van der Waals surface area (Å²) >= 11 is 3.57. The van der Waals surface area contributed by atoms with E-state index in [2.05, 4.69) is 45.7 Å². The summed E-state index contributed by atoms with van der Waals surface area (Å²) in [4.78, 5) is 6.83. The molecule has 1 aliphatic rings. The Hall–Kier alpha value is -0.570. The SMILES string of the molecule is Cc1cnc(N2CCC(C)C2)c(Br)c1. The summed E-state index contributed by atoms with van der Waals surface area (Å²) in [5.41, 5.74) is 1.20. The maximum absolute atomic E-state index is 4.47. The van der Waals surface area contributed by atoms with Crippen LogP contribution in [0.4, 0.5) is 5.82 Å². The number of halogens is 1. The third-order valence-corrected chi connectivity index (χ3v) is 3.27. The molecule has 3 heteroatoms. The Morgan fingerprint density at radius 2 is 2.36 bits per heavy atom. The lowest BCUT2D eigenvalue weighted by Gasteiger charge is -2.18. The number of aromatic nitrogens is 1. The van der Waals surface area contributed by atoms with Crippen LogP contribution in [0.1, 0.15) is 18.9 Å². The van der Waals surface area contributed by atoms with Crippen LogP contribution in [-0.2, 0) is 0 Å². The van der Waals surface area contributed by atoms with E-state index in [1.165, 1.54) is 12.0 Å². The largest absolute Gasteiger partial charge is 0.355 e. The van der Waals surface area contributed by atoms with Crippen LogP contribution in [0.2, 0.25) is 0 Å². The fourth-order valence-electron chi connectivity index (χ4n) is 1.89. The Morgan fingerprint density at radius 3 is 2.93 bits per heavy atom. The molecule has 1 aliphatic heterocycles. The van der Waals surface area contributed by atoms with Gasteiger partial charge in [-0.1, -0.05) is 6.92 Å². The minimum Gasteiger partial charge on any atom is -0.355 e. The predicted octanol–water partition coefficient (Wildman–Crippen LogP) is 3.00. The highest BCUT2D eigenvalue weighted by atomic mass is 79.9. The van der Waals surface area contributed by atoms with Crippen molar-refractivity contribution in [2.45, 2.75) is 20.3 Å². The molecule has 1 atom stereocenters. The first kappa shape index (κ1) is 9.97. The molecule has 0 amide bonds. The molecule has 1 saturated heterocycles. The molecule has 1 fully saturated rings. The zero-order valence-corrected chi connectivity index (χ0v) is 10.2. The second-order valence-electron chi connectivity index (χ2n) is 4.16. The number of pyridine rings is 1. The number of rotatable bonds is 1. The lowest BCUT2D eigenvalue weighted by atomic mass is 10.2. The molecular weight excluding hydrogens is 240 g/mol. The van der Waals surface area contributed by atoms with Gasteiger partial charge in [0.2, 0.25) is 0 Å². The summed E-state index contributed by atoms with van der Waals surface area (Å²) < 4.78 is 1.12. The third-order valence-electron chi connectivity index (χ3n) is 2.68. The molecule has 0 saturated carbocycles. The van der Waals surface area contributed by atoms with Gasteiger partial charge in [0.05, 0.1) is 4.47 Å². The maximum atomic E-state index is 4.47. The van der Waals surface area contributed by atoms with Crippen LogP contribution in [0.5, 0.6) is 0 Å². The Morgan fingerprint density at radius 1 is 1.57 bits per heavy atom. The quantitative estimate of drug-likeness (QED) is 0.766. The number of hydrogen-bond donors (Lipinski definition) is 0. The van der Waals surface area contributed by atoms with Crippen LogP contribution < -0.4 is 4.90 Å². The van der Waals surface area contributed by atoms with Crippen molar-refractivity contribution in [2.75, 3.05) is 18.0 Å². The molecular formula is C11H15BrN2. The molecule has 0 N–H and O–H groups in total. The van der Waals surface area contributed by atoms with Gasteiger partial charge in [-0.25, -0.2) is 4.98 Å². The minimum atomic E-state index is 0.796. The van der Waals surface area contributed by atoms with Crippen LogP contribution in [0.3, 0.4) is 0 Å². The van der Waals surface area contributed by atoms with Crippen LogP contribution in [0.25, 0.3) is 0 Å². The summed E-state index contributed by atoms with van der Waals surface area (Å²) in [5, 5.41) is 0. The van der Waals surface area contributed by atoms with Crippen molar-refractivity contribution in [1.82, 2.24) is 4.98 Å². The molecule has 2 rings (SSSR count). The van der Waals surface area contributed by atoms with Gasteiger partial charge in [-0.3, -0.25) is 0 Å². The van der Waals surface area contributed by atoms with Crippen LogP contribution in [0, 0.1) is 12.8 Å². The Bertz CT molecular complexity index is 338. The molecule has 0 spiro atoms. The van der Waals surface area contributed by atoms with E-state index in [0.717, 1.165) is 29.3 Å². The highest BCUT2D eigenvalue weighted by Crippen LogP contribution is 2.28. The average molecular weight is 255 g/mol. The molecule has 1 unspecified atom stereocenters. The summed E-state index contributed by atoms with van der Waals surface area (Å²) in [6, 6.07) is 2.13. The van der Waals surface area contributed by atoms with E-state index in [1.54, 1.807) is 0 Å². The van der Waals surface area contributed by atoms with E-state index in [9.17, 15) is 0 Å². The molecule has 0 bridgehead atoms. The Balaban J connectivity index is 2.24. The van der Waals surface area contributed by atoms with E-state index in [0.29, 0.717) is 0 Å². The summed E-state index contributed by atoms with van der Waals surface area (Å²) in [6.07, 6.45) is 3.21. The Labute approximate surface area is 93.5 Å². The number of anilines is 1. The number of nitrogens with zero attached hydrogens (tertiary/aromatic N) is 2. The van der Waals surface area contributed by atoms with E-state index < -0.39 is 0 Å². The minimum absolute atomic E-state index is 0.796. The first-order chi connectivity index (χ1) is 6.66. The van der Waals surface area contributed by atoms with Crippen molar-refractivity contribution in [3.8, 4) is 0 Å². The second-order valence-corrected chi connectivity index (χ2v) is 5.01. The fraction of sp³-hybridized carbons (Fsp3) is 0.545. The lowest BCUT2D eigenvalue weighted by molar-refractivity contribution is 0.659. The summed E-state index contributed by atoms with van der Waals surface area (Å²) in [7, 11) is 0. The van der Waals surface area contributed by atoms with Gasteiger partial charge in [0.1, 0.15) is 5.82 Å². The van der Waals surface area contributed by atoms with Crippen LogP contribution >= 0.6 is 15.9 Å². The van der Waals surface area contributed by atoms with Gasteiger partial charge >= 0.3 is 0 Å². The molecule has 1 aromatic heterocycles. The fourth-order valence-corrected chi connectivity index (χ4v) is 2.60. The van der Waals surface area contributed by atoms with Crippen molar-refractivity contribution in [1.29, 1.82) is 0 Å². The van der Waals surface area contributed by atoms with Crippen LogP contribution in [0.15, 0.2) is 16.7 Å². The monoisotopic (exact) mass is 254 g/mol. The van der Waals surface area contributed by atoms with Crippen molar-refractivity contribution in [3.05, 3.63) is 22.3 Å². The first-order valence-electron chi connectivity index (χ1n) is 5.04. The average Bonchev–Trinajstić information content (AvgIpc) is 2.51. The molecule has 2 heterocycles. The lowest BCUT2D eigenvalue weighted by Crippen LogP contribution is -2.20. The molecule has 14 heavy (non-hydrogen) atoms. The third kappa shape index (κ3) is 1.92. The molecule has 0 aliphatic carbocycles. The molecule has 0 aromatic carbocycles. The van der Waals surface area contributed by atoms with E-state index >= 15 is 0 Å². The standard InChI is InChI=1S/C11H15BrN2/c1-8-3-4-14(7-8)11-10(12)5-9(2)6-13-11/h5-6,8H,3-4,7H2,1-2H3. The molecule has 1 aromatic rings.